The van der Waals surface area contributed by atoms with Crippen LogP contribution in [0.1, 0.15) is 59.4 Å². The number of ether oxygens (including phenoxy) is 2. The molecule has 0 heterocycles. The SMILES string of the molecule is CC(C)(O)CC(=O)O.CCC(OC(=O)[C@@H](N)Cc1ccccc1)C(=O)OC(=O)[C@@H](N)CC(C)C. The van der Waals surface area contributed by atoms with Gasteiger partial charge < -0.3 is 31.2 Å². The number of aliphatic carboxylic acids is 1. The molecule has 0 aromatic heterocycles. The Morgan fingerprint density at radius 1 is 0.971 bits per heavy atom. The maximum absolute atomic E-state index is 12.1. The van der Waals surface area contributed by atoms with Crippen molar-refractivity contribution in [2.24, 2.45) is 17.4 Å². The zero-order valence-electron chi connectivity index (χ0n) is 20.5. The molecular formula is C24H38N2O8. The van der Waals surface area contributed by atoms with Crippen molar-refractivity contribution < 1.29 is 38.9 Å². The van der Waals surface area contributed by atoms with Gasteiger partial charge in [0.15, 0.2) is 6.10 Å². The van der Waals surface area contributed by atoms with E-state index in [0.29, 0.717) is 6.42 Å². The Morgan fingerprint density at radius 2 is 1.53 bits per heavy atom. The van der Waals surface area contributed by atoms with Crippen LogP contribution in [0.2, 0.25) is 0 Å². The molecule has 1 aromatic rings. The maximum Gasteiger partial charge on any atom is 0.355 e. The van der Waals surface area contributed by atoms with E-state index in [2.05, 4.69) is 0 Å². The molecule has 1 aromatic carbocycles. The minimum Gasteiger partial charge on any atom is -0.481 e. The summed E-state index contributed by atoms with van der Waals surface area (Å²) in [4.78, 5) is 45.9. The summed E-state index contributed by atoms with van der Waals surface area (Å²) in [6, 6.07) is 7.40. The predicted octanol–water partition coefficient (Wildman–Crippen LogP) is 1.55. The van der Waals surface area contributed by atoms with Gasteiger partial charge in [0.05, 0.1) is 12.0 Å². The van der Waals surface area contributed by atoms with E-state index in [1.807, 2.05) is 44.2 Å². The Hall–Kier alpha value is -2.82. The first-order chi connectivity index (χ1) is 15.7. The van der Waals surface area contributed by atoms with Crippen LogP contribution >= 0.6 is 0 Å². The first kappa shape index (κ1) is 31.2. The van der Waals surface area contributed by atoms with Crippen LogP contribution in [0.4, 0.5) is 0 Å². The highest BCUT2D eigenvalue weighted by Crippen LogP contribution is 2.09. The lowest BCUT2D eigenvalue weighted by Crippen LogP contribution is -2.41. The maximum atomic E-state index is 12.1. The lowest BCUT2D eigenvalue weighted by Gasteiger charge is -2.19. The highest BCUT2D eigenvalue weighted by atomic mass is 16.6. The molecule has 1 unspecified atom stereocenters. The summed E-state index contributed by atoms with van der Waals surface area (Å²) in [5.41, 5.74) is 11.3. The molecule has 0 radical (unpaired) electrons. The van der Waals surface area contributed by atoms with Crippen LogP contribution < -0.4 is 11.5 Å². The summed E-state index contributed by atoms with van der Waals surface area (Å²) < 4.78 is 9.87. The number of nitrogens with two attached hydrogens (primary N) is 2. The second kappa shape index (κ2) is 15.2. The van der Waals surface area contributed by atoms with E-state index in [-0.39, 0.29) is 25.2 Å². The van der Waals surface area contributed by atoms with Gasteiger partial charge in [-0.05, 0) is 44.6 Å². The fourth-order valence-corrected chi connectivity index (χ4v) is 2.69. The van der Waals surface area contributed by atoms with E-state index in [4.69, 9.17) is 31.2 Å². The van der Waals surface area contributed by atoms with Gasteiger partial charge in [-0.2, -0.15) is 0 Å². The van der Waals surface area contributed by atoms with Gasteiger partial charge in [0.1, 0.15) is 12.1 Å². The fourth-order valence-electron chi connectivity index (χ4n) is 2.69. The third-order valence-electron chi connectivity index (χ3n) is 4.31. The first-order valence-electron chi connectivity index (χ1n) is 11.1. The largest absolute Gasteiger partial charge is 0.481 e. The number of carbonyl (C=O) groups is 4. The van der Waals surface area contributed by atoms with Crippen molar-refractivity contribution in [1.82, 2.24) is 0 Å². The number of carboxylic acids is 1. The van der Waals surface area contributed by atoms with Gasteiger partial charge in [-0.1, -0.05) is 51.1 Å². The molecule has 0 aliphatic heterocycles. The topological polar surface area (TPSA) is 179 Å². The molecule has 10 heteroatoms. The smallest absolute Gasteiger partial charge is 0.355 e. The van der Waals surface area contributed by atoms with E-state index in [9.17, 15) is 19.2 Å². The third-order valence-corrected chi connectivity index (χ3v) is 4.31. The lowest BCUT2D eigenvalue weighted by atomic mass is 10.1. The Kier molecular flexibility index (Phi) is 13.9. The molecule has 0 aliphatic rings. The molecule has 0 amide bonds. The molecule has 0 bridgehead atoms. The van der Waals surface area contributed by atoms with Crippen LogP contribution in [0.25, 0.3) is 0 Å². The van der Waals surface area contributed by atoms with Gasteiger partial charge in [-0.25, -0.2) is 9.59 Å². The molecule has 6 N–H and O–H groups in total. The van der Waals surface area contributed by atoms with E-state index in [1.54, 1.807) is 6.92 Å². The standard InChI is InChI=1S/C19H28N2O5.C5H10O3/c1-4-16(19(24)26-18(23)14(20)10-12(2)3)25-17(22)15(21)11-13-8-6-5-7-9-13;1-5(2,8)3-4(6)7/h5-9,12,14-16H,4,10-11,20-21H2,1-3H3;8H,3H2,1-2H3,(H,6,7)/t14-,15-,16?;/m0./s1. The Labute approximate surface area is 200 Å². The summed E-state index contributed by atoms with van der Waals surface area (Å²) in [6.45, 7) is 8.36. The van der Waals surface area contributed by atoms with Gasteiger partial charge in [-0.15, -0.1) is 0 Å². The van der Waals surface area contributed by atoms with Crippen LogP contribution in [-0.2, 0) is 35.1 Å². The Bertz CT molecular complexity index is 790. The van der Waals surface area contributed by atoms with Crippen molar-refractivity contribution >= 4 is 23.9 Å². The molecule has 10 nitrogen and oxygen atoms in total. The summed E-state index contributed by atoms with van der Waals surface area (Å²) in [5, 5.41) is 16.9. The third kappa shape index (κ3) is 14.4. The number of hydrogen-bond donors (Lipinski definition) is 4. The van der Waals surface area contributed by atoms with Gasteiger partial charge in [0, 0.05) is 0 Å². The van der Waals surface area contributed by atoms with Crippen LogP contribution in [0.15, 0.2) is 30.3 Å². The minimum atomic E-state index is -1.19. The minimum absolute atomic E-state index is 0.162. The quantitative estimate of drug-likeness (QED) is 0.267. The summed E-state index contributed by atoms with van der Waals surface area (Å²) in [5.74, 6) is -3.28. The van der Waals surface area contributed by atoms with Crippen molar-refractivity contribution in [1.29, 1.82) is 0 Å². The van der Waals surface area contributed by atoms with Crippen LogP contribution in [0.3, 0.4) is 0 Å². The van der Waals surface area contributed by atoms with Crippen molar-refractivity contribution in [3.8, 4) is 0 Å². The first-order valence-corrected chi connectivity index (χ1v) is 11.1. The molecule has 0 spiro atoms. The second-order valence-corrected chi connectivity index (χ2v) is 8.99. The lowest BCUT2D eigenvalue weighted by molar-refractivity contribution is -0.175. The van der Waals surface area contributed by atoms with Crippen LogP contribution in [-0.4, -0.2) is 57.9 Å². The van der Waals surface area contributed by atoms with E-state index in [0.717, 1.165) is 5.56 Å². The van der Waals surface area contributed by atoms with Crippen LogP contribution in [0.5, 0.6) is 0 Å². The van der Waals surface area contributed by atoms with Gasteiger partial charge in [0.2, 0.25) is 0 Å². The number of esters is 3. The zero-order chi connectivity index (χ0) is 26.5. The van der Waals surface area contributed by atoms with Crippen molar-refractivity contribution in [2.75, 3.05) is 0 Å². The molecular weight excluding hydrogens is 444 g/mol. The average Bonchev–Trinajstić information content (AvgIpc) is 2.70. The van der Waals surface area contributed by atoms with Gasteiger partial charge in [0.25, 0.3) is 0 Å². The molecule has 1 rings (SSSR count). The molecule has 0 saturated heterocycles. The zero-order valence-corrected chi connectivity index (χ0v) is 20.5. The van der Waals surface area contributed by atoms with Gasteiger partial charge in [-0.3, -0.25) is 9.59 Å². The molecule has 34 heavy (non-hydrogen) atoms. The fraction of sp³-hybridized carbons (Fsp3) is 0.583. The Morgan fingerprint density at radius 3 is 1.94 bits per heavy atom. The predicted molar refractivity (Wildman–Crippen MR) is 125 cm³/mol. The van der Waals surface area contributed by atoms with Crippen molar-refractivity contribution in [3.63, 3.8) is 0 Å². The molecule has 0 aliphatic carbocycles. The molecule has 3 atom stereocenters. The Balaban J connectivity index is 0.00000116. The normalized spacial score (nSPS) is 13.7. The van der Waals surface area contributed by atoms with E-state index >= 15 is 0 Å². The second-order valence-electron chi connectivity index (χ2n) is 8.99. The van der Waals surface area contributed by atoms with Gasteiger partial charge >= 0.3 is 23.9 Å². The monoisotopic (exact) mass is 482 g/mol. The highest BCUT2D eigenvalue weighted by Gasteiger charge is 2.29. The summed E-state index contributed by atoms with van der Waals surface area (Å²) >= 11 is 0. The van der Waals surface area contributed by atoms with E-state index < -0.39 is 47.7 Å². The number of aliphatic hydroxyl groups is 1. The molecule has 0 saturated carbocycles. The van der Waals surface area contributed by atoms with Crippen molar-refractivity contribution in [3.05, 3.63) is 35.9 Å². The van der Waals surface area contributed by atoms with Crippen LogP contribution in [0, 0.1) is 5.92 Å². The number of carbonyl (C=O) groups excluding carboxylic acids is 3. The average molecular weight is 483 g/mol. The molecule has 192 valence electrons. The number of rotatable bonds is 11. The van der Waals surface area contributed by atoms with Crippen molar-refractivity contribution in [2.45, 2.75) is 84.1 Å². The number of hydrogen-bond acceptors (Lipinski definition) is 9. The van der Waals surface area contributed by atoms with E-state index in [1.165, 1.54) is 13.8 Å². The number of benzene rings is 1. The summed E-state index contributed by atoms with van der Waals surface area (Å²) in [6.07, 6.45) is -0.560. The summed E-state index contributed by atoms with van der Waals surface area (Å²) in [7, 11) is 0. The molecule has 0 fully saturated rings. The highest BCUT2D eigenvalue weighted by molar-refractivity contribution is 5.91. The number of carboxylic acid groups (broad SMARTS) is 1.